The monoisotopic (exact) mass is 269 g/mol. The highest BCUT2D eigenvalue weighted by atomic mass is 16.5. The Bertz CT molecular complexity index is 625. The number of nitrogens with zero attached hydrogens (tertiary/aromatic N) is 2. The molecule has 1 aromatic carbocycles. The molecule has 2 aromatic rings. The zero-order chi connectivity index (χ0) is 14.5. The molecule has 1 heterocycles. The van der Waals surface area contributed by atoms with E-state index in [9.17, 15) is 0 Å². The van der Waals surface area contributed by atoms with Crippen LogP contribution in [0.3, 0.4) is 0 Å². The van der Waals surface area contributed by atoms with Gasteiger partial charge in [0.1, 0.15) is 5.75 Å². The van der Waals surface area contributed by atoms with Gasteiger partial charge < -0.3 is 15.0 Å². The Kier molecular flexibility index (Phi) is 4.44. The largest absolute Gasteiger partial charge is 0.496 e. The van der Waals surface area contributed by atoms with Gasteiger partial charge in [-0.1, -0.05) is 6.92 Å². The first-order chi connectivity index (χ1) is 9.67. The summed E-state index contributed by atoms with van der Waals surface area (Å²) >= 11 is 0. The molecule has 0 amide bonds. The van der Waals surface area contributed by atoms with Crippen molar-refractivity contribution in [3.8, 4) is 11.8 Å². The van der Waals surface area contributed by atoms with Crippen LogP contribution < -0.4 is 10.5 Å². The van der Waals surface area contributed by atoms with Gasteiger partial charge in [0.2, 0.25) is 0 Å². The van der Waals surface area contributed by atoms with Crippen molar-refractivity contribution >= 4 is 0 Å². The molecule has 0 radical (unpaired) electrons. The minimum absolute atomic E-state index is 0.0728. The second-order valence-corrected chi connectivity index (χ2v) is 4.77. The van der Waals surface area contributed by atoms with Crippen LogP contribution in [0.4, 0.5) is 0 Å². The van der Waals surface area contributed by atoms with Crippen LogP contribution in [-0.2, 0) is 6.54 Å². The lowest BCUT2D eigenvalue weighted by atomic mass is 10.1. The zero-order valence-corrected chi connectivity index (χ0v) is 11.8. The fraction of sp³-hybridized carbons (Fsp3) is 0.312. The molecule has 0 saturated carbocycles. The molecule has 0 fully saturated rings. The van der Waals surface area contributed by atoms with Crippen LogP contribution >= 0.6 is 0 Å². The van der Waals surface area contributed by atoms with Gasteiger partial charge in [0.25, 0.3) is 0 Å². The molecule has 0 aliphatic heterocycles. The number of hydrogen-bond donors (Lipinski definition) is 1. The average Bonchev–Trinajstić information content (AvgIpc) is 2.94. The predicted molar refractivity (Wildman–Crippen MR) is 78.5 cm³/mol. The summed E-state index contributed by atoms with van der Waals surface area (Å²) in [5.74, 6) is 0.791. The van der Waals surface area contributed by atoms with Gasteiger partial charge in [-0.3, -0.25) is 0 Å². The first-order valence-electron chi connectivity index (χ1n) is 6.66. The van der Waals surface area contributed by atoms with Gasteiger partial charge in [0.05, 0.1) is 25.3 Å². The zero-order valence-electron chi connectivity index (χ0n) is 11.8. The van der Waals surface area contributed by atoms with Gasteiger partial charge in [-0.25, -0.2) is 0 Å². The van der Waals surface area contributed by atoms with Gasteiger partial charge in [-0.2, -0.15) is 5.26 Å². The standard InChI is InChI=1S/C16H19N3O/c1-3-15(18)13-6-7-19(10-13)11-14-8-12(9-17)4-5-16(14)20-2/h4-8,10,15H,3,11,18H2,1-2H3. The van der Waals surface area contributed by atoms with Crippen molar-refractivity contribution in [1.82, 2.24) is 4.57 Å². The second kappa shape index (κ2) is 6.27. The molecule has 0 aliphatic carbocycles. The molecule has 2 rings (SSSR count). The van der Waals surface area contributed by atoms with E-state index in [1.165, 1.54) is 0 Å². The van der Waals surface area contributed by atoms with Crippen molar-refractivity contribution < 1.29 is 4.74 Å². The van der Waals surface area contributed by atoms with Crippen LogP contribution in [-0.4, -0.2) is 11.7 Å². The summed E-state index contributed by atoms with van der Waals surface area (Å²) in [6, 6.07) is 9.71. The third kappa shape index (κ3) is 3.01. The minimum atomic E-state index is 0.0728. The first kappa shape index (κ1) is 14.2. The SMILES string of the molecule is CCC(N)c1ccn(Cc2cc(C#N)ccc2OC)c1. The summed E-state index contributed by atoms with van der Waals surface area (Å²) in [6.07, 6.45) is 4.97. The van der Waals surface area contributed by atoms with Crippen LogP contribution in [0.5, 0.6) is 5.75 Å². The Morgan fingerprint density at radius 3 is 2.85 bits per heavy atom. The van der Waals surface area contributed by atoms with Crippen LogP contribution in [0.15, 0.2) is 36.7 Å². The Labute approximate surface area is 119 Å². The predicted octanol–water partition coefficient (Wildman–Crippen LogP) is 2.83. The van der Waals surface area contributed by atoms with Crippen LogP contribution in [0.2, 0.25) is 0 Å². The molecule has 104 valence electrons. The fourth-order valence-electron chi connectivity index (χ4n) is 2.18. The molecule has 0 bridgehead atoms. The Morgan fingerprint density at radius 2 is 2.20 bits per heavy atom. The summed E-state index contributed by atoms with van der Waals surface area (Å²) in [6.45, 7) is 2.73. The number of nitriles is 1. The normalized spacial score (nSPS) is 11.9. The van der Waals surface area contributed by atoms with E-state index in [1.54, 1.807) is 13.2 Å². The third-order valence-corrected chi connectivity index (χ3v) is 3.40. The van der Waals surface area contributed by atoms with Crippen LogP contribution in [0.1, 0.15) is 36.1 Å². The van der Waals surface area contributed by atoms with Crippen molar-refractivity contribution in [2.24, 2.45) is 5.73 Å². The quantitative estimate of drug-likeness (QED) is 0.907. The smallest absolute Gasteiger partial charge is 0.123 e. The van der Waals surface area contributed by atoms with Crippen molar-refractivity contribution in [3.63, 3.8) is 0 Å². The lowest BCUT2D eigenvalue weighted by Gasteiger charge is -2.10. The van der Waals surface area contributed by atoms with E-state index < -0.39 is 0 Å². The number of hydrogen-bond acceptors (Lipinski definition) is 3. The van der Waals surface area contributed by atoms with Gasteiger partial charge >= 0.3 is 0 Å². The number of benzene rings is 1. The summed E-state index contributed by atoms with van der Waals surface area (Å²) in [4.78, 5) is 0. The molecule has 0 saturated heterocycles. The van der Waals surface area contributed by atoms with E-state index in [4.69, 9.17) is 15.7 Å². The van der Waals surface area contributed by atoms with Crippen LogP contribution in [0, 0.1) is 11.3 Å². The van der Waals surface area contributed by atoms with Gasteiger partial charge in [0, 0.05) is 24.0 Å². The molecule has 0 spiro atoms. The maximum atomic E-state index is 8.99. The highest BCUT2D eigenvalue weighted by molar-refractivity contribution is 5.42. The van der Waals surface area contributed by atoms with Crippen molar-refractivity contribution in [3.05, 3.63) is 53.3 Å². The lowest BCUT2D eigenvalue weighted by molar-refractivity contribution is 0.408. The average molecular weight is 269 g/mol. The number of nitrogens with two attached hydrogens (primary N) is 1. The summed E-state index contributed by atoms with van der Waals surface area (Å²) in [5, 5.41) is 8.99. The van der Waals surface area contributed by atoms with E-state index >= 15 is 0 Å². The number of aromatic nitrogens is 1. The number of ether oxygens (including phenoxy) is 1. The van der Waals surface area contributed by atoms with Gasteiger partial charge in [-0.15, -0.1) is 0 Å². The molecule has 0 aliphatic rings. The molecule has 1 unspecified atom stereocenters. The maximum absolute atomic E-state index is 8.99. The first-order valence-corrected chi connectivity index (χ1v) is 6.66. The van der Waals surface area contributed by atoms with E-state index in [1.807, 2.05) is 30.6 Å². The third-order valence-electron chi connectivity index (χ3n) is 3.40. The van der Waals surface area contributed by atoms with Crippen LogP contribution in [0.25, 0.3) is 0 Å². The van der Waals surface area contributed by atoms with E-state index in [-0.39, 0.29) is 6.04 Å². The van der Waals surface area contributed by atoms with E-state index in [2.05, 4.69) is 17.6 Å². The molecule has 2 N–H and O–H groups in total. The van der Waals surface area contributed by atoms with Gasteiger partial charge in [-0.05, 0) is 36.2 Å². The summed E-state index contributed by atoms with van der Waals surface area (Å²) in [7, 11) is 1.64. The van der Waals surface area contributed by atoms with Gasteiger partial charge in [0.15, 0.2) is 0 Å². The maximum Gasteiger partial charge on any atom is 0.123 e. The molecule has 1 aromatic heterocycles. The molecular weight excluding hydrogens is 250 g/mol. The molecule has 4 heteroatoms. The number of rotatable bonds is 5. The van der Waals surface area contributed by atoms with E-state index in [0.29, 0.717) is 12.1 Å². The van der Waals surface area contributed by atoms with Crippen molar-refractivity contribution in [2.45, 2.75) is 25.9 Å². The topological polar surface area (TPSA) is 64.0 Å². The highest BCUT2D eigenvalue weighted by Crippen LogP contribution is 2.22. The summed E-state index contributed by atoms with van der Waals surface area (Å²) < 4.78 is 7.40. The fourth-order valence-corrected chi connectivity index (χ4v) is 2.18. The van der Waals surface area contributed by atoms with Crippen molar-refractivity contribution in [1.29, 1.82) is 5.26 Å². The molecule has 4 nitrogen and oxygen atoms in total. The summed E-state index contributed by atoms with van der Waals surface area (Å²) in [5.41, 5.74) is 8.77. The number of methoxy groups -OCH3 is 1. The Hall–Kier alpha value is -2.25. The highest BCUT2D eigenvalue weighted by Gasteiger charge is 2.08. The Balaban J connectivity index is 2.25. The molecular formula is C16H19N3O. The Morgan fingerprint density at radius 1 is 1.40 bits per heavy atom. The van der Waals surface area contributed by atoms with E-state index in [0.717, 1.165) is 23.3 Å². The molecule has 20 heavy (non-hydrogen) atoms. The second-order valence-electron chi connectivity index (χ2n) is 4.77. The molecule has 1 atom stereocenters. The minimum Gasteiger partial charge on any atom is -0.496 e. The lowest BCUT2D eigenvalue weighted by Crippen LogP contribution is -2.07. The van der Waals surface area contributed by atoms with Crippen molar-refractivity contribution in [2.75, 3.05) is 7.11 Å².